The molecule has 2 saturated carbocycles. The Hall–Kier alpha value is -3.09. The third kappa shape index (κ3) is 3.77. The number of hydrogen-bond donors (Lipinski definition) is 1. The van der Waals surface area contributed by atoms with Crippen LogP contribution in [0.5, 0.6) is 0 Å². The van der Waals surface area contributed by atoms with E-state index in [4.69, 9.17) is 0 Å². The Kier molecular flexibility index (Phi) is 4.58. The van der Waals surface area contributed by atoms with Gasteiger partial charge < -0.3 is 5.32 Å². The van der Waals surface area contributed by atoms with E-state index in [1.807, 2.05) is 30.3 Å². The molecule has 5 rings (SSSR count). The molecular formula is C22H23N5O2. The molecule has 2 aromatic heterocycles. The standard InChI is InChI=1S/C22H23N5O2/c28-21-12-11-17(14-5-6-14)26-27(21)16-9-7-15(8-10-16)24-22(29)20-13-23-18-3-1-2-4-19(18)25-20/h1-4,11-16H,5-10H2,(H,24,29). The number of carbonyl (C=O) groups excluding carboxylic acids is 1. The van der Waals surface area contributed by atoms with Gasteiger partial charge >= 0.3 is 0 Å². The fourth-order valence-electron chi connectivity index (χ4n) is 4.09. The summed E-state index contributed by atoms with van der Waals surface area (Å²) >= 11 is 0. The Labute approximate surface area is 168 Å². The topological polar surface area (TPSA) is 89.8 Å². The number of nitrogens with one attached hydrogen (secondary N) is 1. The van der Waals surface area contributed by atoms with Crippen molar-refractivity contribution in [2.75, 3.05) is 0 Å². The lowest BCUT2D eigenvalue weighted by atomic mass is 9.91. The highest BCUT2D eigenvalue weighted by Gasteiger charge is 2.28. The van der Waals surface area contributed by atoms with E-state index in [9.17, 15) is 9.59 Å². The van der Waals surface area contributed by atoms with Crippen molar-refractivity contribution < 1.29 is 4.79 Å². The van der Waals surface area contributed by atoms with Crippen molar-refractivity contribution in [3.05, 3.63) is 64.3 Å². The maximum atomic E-state index is 12.6. The van der Waals surface area contributed by atoms with E-state index in [2.05, 4.69) is 20.4 Å². The third-order valence-corrected chi connectivity index (χ3v) is 5.90. The molecule has 0 atom stereocenters. The van der Waals surface area contributed by atoms with Gasteiger partial charge in [0.1, 0.15) is 5.69 Å². The van der Waals surface area contributed by atoms with Crippen LogP contribution in [0, 0.1) is 0 Å². The van der Waals surface area contributed by atoms with Gasteiger partial charge in [-0.3, -0.25) is 14.6 Å². The molecule has 7 nitrogen and oxygen atoms in total. The van der Waals surface area contributed by atoms with Crippen LogP contribution in [0.3, 0.4) is 0 Å². The van der Waals surface area contributed by atoms with E-state index < -0.39 is 0 Å². The second-order valence-corrected chi connectivity index (χ2v) is 8.04. The highest BCUT2D eigenvalue weighted by Crippen LogP contribution is 2.38. The molecule has 0 saturated heterocycles. The molecule has 0 radical (unpaired) electrons. The van der Waals surface area contributed by atoms with Gasteiger partial charge in [-0.2, -0.15) is 5.10 Å². The number of rotatable bonds is 4. The van der Waals surface area contributed by atoms with Gasteiger partial charge in [0, 0.05) is 18.0 Å². The zero-order chi connectivity index (χ0) is 19.8. The van der Waals surface area contributed by atoms with Crippen LogP contribution in [0.1, 0.15) is 66.7 Å². The number of hydrogen-bond acceptors (Lipinski definition) is 5. The van der Waals surface area contributed by atoms with Gasteiger partial charge in [-0.25, -0.2) is 9.67 Å². The largest absolute Gasteiger partial charge is 0.348 e. The Morgan fingerprint density at radius 2 is 1.72 bits per heavy atom. The van der Waals surface area contributed by atoms with E-state index >= 15 is 0 Å². The SMILES string of the molecule is O=C(NC1CCC(n2nc(C3CC3)ccc2=O)CC1)c1cnc2ccccc2n1. The van der Waals surface area contributed by atoms with Gasteiger partial charge in [-0.1, -0.05) is 12.1 Å². The molecule has 2 aliphatic rings. The number of nitrogens with zero attached hydrogens (tertiary/aromatic N) is 4. The minimum atomic E-state index is -0.197. The third-order valence-electron chi connectivity index (χ3n) is 5.90. The molecule has 2 fully saturated rings. The van der Waals surface area contributed by atoms with Crippen molar-refractivity contribution in [3.63, 3.8) is 0 Å². The summed E-state index contributed by atoms with van der Waals surface area (Å²) in [5, 5.41) is 7.70. The average molecular weight is 389 g/mol. The molecule has 1 amide bonds. The summed E-state index contributed by atoms with van der Waals surface area (Å²) in [7, 11) is 0. The summed E-state index contributed by atoms with van der Waals surface area (Å²) in [4.78, 5) is 33.6. The zero-order valence-corrected chi connectivity index (χ0v) is 16.1. The fraction of sp³-hybridized carbons (Fsp3) is 0.409. The zero-order valence-electron chi connectivity index (χ0n) is 16.1. The van der Waals surface area contributed by atoms with Crippen LogP contribution in [0.4, 0.5) is 0 Å². The molecule has 148 valence electrons. The summed E-state index contributed by atoms with van der Waals surface area (Å²) in [5.41, 5.74) is 2.82. The predicted octanol–water partition coefficient (Wildman–Crippen LogP) is 2.98. The molecule has 29 heavy (non-hydrogen) atoms. The highest BCUT2D eigenvalue weighted by molar-refractivity contribution is 5.93. The maximum Gasteiger partial charge on any atom is 0.271 e. The molecule has 0 unspecified atom stereocenters. The molecule has 2 heterocycles. The lowest BCUT2D eigenvalue weighted by Gasteiger charge is -2.29. The summed E-state index contributed by atoms with van der Waals surface area (Å²) in [6.07, 6.45) is 7.16. The monoisotopic (exact) mass is 389 g/mol. The van der Waals surface area contributed by atoms with Crippen molar-refractivity contribution >= 4 is 16.9 Å². The highest BCUT2D eigenvalue weighted by atomic mass is 16.2. The van der Waals surface area contributed by atoms with Gasteiger partial charge in [0.25, 0.3) is 11.5 Å². The van der Waals surface area contributed by atoms with Gasteiger partial charge in [-0.15, -0.1) is 0 Å². The molecule has 2 aliphatic carbocycles. The van der Waals surface area contributed by atoms with Crippen molar-refractivity contribution in [2.24, 2.45) is 0 Å². The molecule has 1 N–H and O–H groups in total. The lowest BCUT2D eigenvalue weighted by Crippen LogP contribution is -2.40. The van der Waals surface area contributed by atoms with Crippen LogP contribution in [0.15, 0.2) is 47.4 Å². The Bertz CT molecular complexity index is 1110. The number of fused-ring (bicyclic) bond motifs is 1. The summed E-state index contributed by atoms with van der Waals surface area (Å²) in [6.45, 7) is 0. The van der Waals surface area contributed by atoms with Crippen LogP contribution < -0.4 is 10.9 Å². The van der Waals surface area contributed by atoms with E-state index in [-0.39, 0.29) is 23.6 Å². The number of para-hydroxylation sites is 2. The molecule has 0 bridgehead atoms. The first-order valence-corrected chi connectivity index (χ1v) is 10.3. The Morgan fingerprint density at radius 3 is 2.48 bits per heavy atom. The number of carbonyl (C=O) groups is 1. The van der Waals surface area contributed by atoms with E-state index in [1.54, 1.807) is 10.7 Å². The fourth-order valence-corrected chi connectivity index (χ4v) is 4.09. The van der Waals surface area contributed by atoms with E-state index in [0.717, 1.165) is 36.9 Å². The first-order chi connectivity index (χ1) is 14.2. The van der Waals surface area contributed by atoms with Crippen LogP contribution in [-0.2, 0) is 0 Å². The van der Waals surface area contributed by atoms with Crippen LogP contribution >= 0.6 is 0 Å². The van der Waals surface area contributed by atoms with Crippen molar-refractivity contribution in [3.8, 4) is 0 Å². The van der Waals surface area contributed by atoms with Crippen molar-refractivity contribution in [2.45, 2.75) is 56.5 Å². The van der Waals surface area contributed by atoms with Crippen molar-refractivity contribution in [1.29, 1.82) is 0 Å². The Morgan fingerprint density at radius 1 is 0.966 bits per heavy atom. The number of aromatic nitrogens is 4. The summed E-state index contributed by atoms with van der Waals surface area (Å²) < 4.78 is 1.67. The second-order valence-electron chi connectivity index (χ2n) is 8.04. The molecule has 7 heteroatoms. The summed E-state index contributed by atoms with van der Waals surface area (Å²) in [6, 6.07) is 11.2. The molecule has 0 aliphatic heterocycles. The van der Waals surface area contributed by atoms with Crippen molar-refractivity contribution in [1.82, 2.24) is 25.1 Å². The van der Waals surface area contributed by atoms with E-state index in [1.165, 1.54) is 19.0 Å². The van der Waals surface area contributed by atoms with Crippen LogP contribution in [-0.4, -0.2) is 31.7 Å². The smallest absolute Gasteiger partial charge is 0.271 e. The average Bonchev–Trinajstić information content (AvgIpc) is 3.60. The molecule has 0 spiro atoms. The first kappa shape index (κ1) is 18.0. The molecule has 1 aromatic carbocycles. The number of benzene rings is 1. The maximum absolute atomic E-state index is 12.6. The quantitative estimate of drug-likeness (QED) is 0.741. The summed E-state index contributed by atoms with van der Waals surface area (Å²) in [5.74, 6) is 0.332. The lowest BCUT2D eigenvalue weighted by molar-refractivity contribution is 0.0916. The Balaban J connectivity index is 1.23. The normalized spacial score (nSPS) is 21.8. The predicted molar refractivity (Wildman–Crippen MR) is 109 cm³/mol. The van der Waals surface area contributed by atoms with Gasteiger partial charge in [0.05, 0.1) is 29.0 Å². The second kappa shape index (κ2) is 7.39. The van der Waals surface area contributed by atoms with Gasteiger partial charge in [0.15, 0.2) is 0 Å². The van der Waals surface area contributed by atoms with Gasteiger partial charge in [-0.05, 0) is 56.7 Å². The number of amides is 1. The molecule has 3 aromatic rings. The molecular weight excluding hydrogens is 366 g/mol. The minimum absolute atomic E-state index is 0.0340. The van der Waals surface area contributed by atoms with Crippen LogP contribution in [0.25, 0.3) is 11.0 Å². The van der Waals surface area contributed by atoms with Crippen LogP contribution in [0.2, 0.25) is 0 Å². The van der Waals surface area contributed by atoms with E-state index in [0.29, 0.717) is 17.1 Å². The first-order valence-electron chi connectivity index (χ1n) is 10.3. The van der Waals surface area contributed by atoms with Gasteiger partial charge in [0.2, 0.25) is 0 Å². The minimum Gasteiger partial charge on any atom is -0.348 e.